The number of ether oxygens (including phenoxy) is 1. The Labute approximate surface area is 106 Å². The molecule has 1 aliphatic rings. The smallest absolute Gasteiger partial charge is 0.260 e. The van der Waals surface area contributed by atoms with Crippen molar-refractivity contribution < 1.29 is 9.53 Å². The summed E-state index contributed by atoms with van der Waals surface area (Å²) in [5.74, 6) is 0.457. The molecule has 1 fully saturated rings. The summed E-state index contributed by atoms with van der Waals surface area (Å²) >= 11 is 0. The fourth-order valence-corrected chi connectivity index (χ4v) is 1.83. The Morgan fingerprint density at radius 2 is 2.33 bits per heavy atom. The molecule has 0 atom stereocenters. The summed E-state index contributed by atoms with van der Waals surface area (Å²) in [5.41, 5.74) is 0.825. The molecule has 1 aromatic heterocycles. The van der Waals surface area contributed by atoms with Crippen molar-refractivity contribution in [2.45, 2.75) is 13.3 Å². The average molecular weight is 250 g/mol. The van der Waals surface area contributed by atoms with Crippen molar-refractivity contribution in [3.63, 3.8) is 0 Å². The van der Waals surface area contributed by atoms with Crippen LogP contribution in [0.5, 0.6) is 5.88 Å². The molecule has 6 nitrogen and oxygen atoms in total. The van der Waals surface area contributed by atoms with E-state index in [2.05, 4.69) is 15.3 Å². The molecule has 0 aliphatic carbocycles. The lowest BCUT2D eigenvalue weighted by molar-refractivity contribution is -0.133. The van der Waals surface area contributed by atoms with Crippen LogP contribution in [0.3, 0.4) is 0 Å². The zero-order valence-corrected chi connectivity index (χ0v) is 10.6. The topological polar surface area (TPSA) is 67.3 Å². The van der Waals surface area contributed by atoms with Gasteiger partial charge in [-0.25, -0.2) is 9.97 Å². The van der Waals surface area contributed by atoms with Gasteiger partial charge in [-0.15, -0.1) is 0 Å². The summed E-state index contributed by atoms with van der Waals surface area (Å²) < 4.78 is 5.38. The number of hydrogen-bond donors (Lipinski definition) is 1. The van der Waals surface area contributed by atoms with Crippen molar-refractivity contribution in [2.75, 3.05) is 32.8 Å². The Kier molecular flexibility index (Phi) is 4.46. The normalized spacial score (nSPS) is 16.2. The molecular weight excluding hydrogens is 232 g/mol. The first-order valence-electron chi connectivity index (χ1n) is 6.15. The fraction of sp³-hybridized carbons (Fsp3) is 0.583. The standard InChI is InChI=1S/C12H18N4O2/c1-10-7-11(15-9-14-10)18-8-12(17)16-5-2-3-13-4-6-16/h7,9,13H,2-6,8H2,1H3. The predicted molar refractivity (Wildman–Crippen MR) is 66.3 cm³/mol. The number of hydrogen-bond acceptors (Lipinski definition) is 5. The van der Waals surface area contributed by atoms with E-state index >= 15 is 0 Å². The molecule has 2 rings (SSSR count). The number of nitrogens with zero attached hydrogens (tertiary/aromatic N) is 3. The minimum atomic E-state index is 0.00923. The highest BCUT2D eigenvalue weighted by Gasteiger charge is 2.15. The summed E-state index contributed by atoms with van der Waals surface area (Å²) in [4.78, 5) is 21.7. The molecule has 98 valence electrons. The molecule has 0 spiro atoms. The highest BCUT2D eigenvalue weighted by molar-refractivity contribution is 5.77. The van der Waals surface area contributed by atoms with Crippen LogP contribution < -0.4 is 10.1 Å². The van der Waals surface area contributed by atoms with Gasteiger partial charge in [0, 0.05) is 31.4 Å². The third-order valence-corrected chi connectivity index (χ3v) is 2.82. The Bertz CT molecular complexity index is 403. The zero-order valence-electron chi connectivity index (χ0n) is 10.6. The van der Waals surface area contributed by atoms with Gasteiger partial charge in [-0.3, -0.25) is 4.79 Å². The van der Waals surface area contributed by atoms with Crippen LogP contribution in [0.25, 0.3) is 0 Å². The van der Waals surface area contributed by atoms with Crippen LogP contribution in [-0.2, 0) is 4.79 Å². The quantitative estimate of drug-likeness (QED) is 0.817. The van der Waals surface area contributed by atoms with Gasteiger partial charge in [-0.05, 0) is 19.9 Å². The number of amides is 1. The van der Waals surface area contributed by atoms with Crippen LogP contribution in [0.2, 0.25) is 0 Å². The lowest BCUT2D eigenvalue weighted by Gasteiger charge is -2.19. The Balaban J connectivity index is 1.83. The van der Waals surface area contributed by atoms with Gasteiger partial charge in [-0.1, -0.05) is 0 Å². The van der Waals surface area contributed by atoms with Crippen molar-refractivity contribution in [1.29, 1.82) is 0 Å². The minimum Gasteiger partial charge on any atom is -0.467 e. The second-order valence-electron chi connectivity index (χ2n) is 4.27. The Morgan fingerprint density at radius 3 is 3.17 bits per heavy atom. The van der Waals surface area contributed by atoms with Crippen LogP contribution in [0.15, 0.2) is 12.4 Å². The molecule has 1 saturated heterocycles. The number of aryl methyl sites for hydroxylation is 1. The van der Waals surface area contributed by atoms with Crippen LogP contribution in [0, 0.1) is 6.92 Å². The van der Waals surface area contributed by atoms with Crippen molar-refractivity contribution in [2.24, 2.45) is 0 Å². The summed E-state index contributed by atoms with van der Waals surface area (Å²) in [6, 6.07) is 1.72. The zero-order chi connectivity index (χ0) is 12.8. The van der Waals surface area contributed by atoms with Gasteiger partial charge < -0.3 is 15.0 Å². The molecule has 1 amide bonds. The van der Waals surface area contributed by atoms with Gasteiger partial charge in [0.05, 0.1) is 0 Å². The van der Waals surface area contributed by atoms with Gasteiger partial charge in [0.2, 0.25) is 5.88 Å². The van der Waals surface area contributed by atoms with E-state index in [4.69, 9.17) is 4.74 Å². The van der Waals surface area contributed by atoms with E-state index in [9.17, 15) is 4.79 Å². The third kappa shape index (κ3) is 3.66. The van der Waals surface area contributed by atoms with Crippen LogP contribution >= 0.6 is 0 Å². The number of carbonyl (C=O) groups is 1. The van der Waals surface area contributed by atoms with Crippen LogP contribution in [-0.4, -0.2) is 53.6 Å². The molecule has 6 heteroatoms. The first-order chi connectivity index (χ1) is 8.75. The molecule has 0 unspecified atom stereocenters. The van der Waals surface area contributed by atoms with E-state index in [0.29, 0.717) is 5.88 Å². The SMILES string of the molecule is Cc1cc(OCC(=O)N2CCCNCC2)ncn1. The number of carbonyl (C=O) groups excluding carboxylic acids is 1. The molecule has 0 radical (unpaired) electrons. The lowest BCUT2D eigenvalue weighted by Crippen LogP contribution is -2.37. The molecule has 2 heterocycles. The molecule has 1 N–H and O–H groups in total. The van der Waals surface area contributed by atoms with Gasteiger partial charge in [-0.2, -0.15) is 0 Å². The molecule has 18 heavy (non-hydrogen) atoms. The Hall–Kier alpha value is -1.69. The second kappa shape index (κ2) is 6.30. The molecule has 0 bridgehead atoms. The van der Waals surface area contributed by atoms with Gasteiger partial charge in [0.15, 0.2) is 6.61 Å². The number of rotatable bonds is 3. The molecule has 0 aromatic carbocycles. The first kappa shape index (κ1) is 12.8. The van der Waals surface area contributed by atoms with Crippen molar-refractivity contribution in [1.82, 2.24) is 20.2 Å². The number of aromatic nitrogens is 2. The molecular formula is C12H18N4O2. The van der Waals surface area contributed by atoms with Crippen molar-refractivity contribution in [3.05, 3.63) is 18.1 Å². The number of nitrogens with one attached hydrogen (secondary N) is 1. The highest BCUT2D eigenvalue weighted by atomic mass is 16.5. The summed E-state index contributed by atoms with van der Waals surface area (Å²) in [6.07, 6.45) is 2.42. The molecule has 1 aliphatic heterocycles. The van der Waals surface area contributed by atoms with Crippen LogP contribution in [0.1, 0.15) is 12.1 Å². The second-order valence-corrected chi connectivity index (χ2v) is 4.27. The van der Waals surface area contributed by atoms with E-state index in [1.807, 2.05) is 11.8 Å². The van der Waals surface area contributed by atoms with Gasteiger partial charge in [0.1, 0.15) is 6.33 Å². The summed E-state index contributed by atoms with van der Waals surface area (Å²) in [6.45, 7) is 5.24. The van der Waals surface area contributed by atoms with E-state index in [-0.39, 0.29) is 12.5 Å². The lowest BCUT2D eigenvalue weighted by atomic mass is 10.4. The minimum absolute atomic E-state index is 0.00923. The molecule has 0 saturated carbocycles. The maximum absolute atomic E-state index is 11.9. The van der Waals surface area contributed by atoms with Crippen molar-refractivity contribution >= 4 is 5.91 Å². The predicted octanol–water partition coefficient (Wildman–Crippen LogP) is -0.0143. The monoisotopic (exact) mass is 250 g/mol. The summed E-state index contributed by atoms with van der Waals surface area (Å²) in [7, 11) is 0. The van der Waals surface area contributed by atoms with E-state index in [0.717, 1.165) is 38.3 Å². The third-order valence-electron chi connectivity index (χ3n) is 2.82. The van der Waals surface area contributed by atoms with Gasteiger partial charge >= 0.3 is 0 Å². The maximum Gasteiger partial charge on any atom is 0.260 e. The first-order valence-corrected chi connectivity index (χ1v) is 6.15. The van der Waals surface area contributed by atoms with Crippen LogP contribution in [0.4, 0.5) is 0 Å². The van der Waals surface area contributed by atoms with E-state index < -0.39 is 0 Å². The highest BCUT2D eigenvalue weighted by Crippen LogP contribution is 2.06. The fourth-order valence-electron chi connectivity index (χ4n) is 1.83. The Morgan fingerprint density at radius 1 is 1.44 bits per heavy atom. The molecule has 1 aromatic rings. The average Bonchev–Trinajstić information content (AvgIpc) is 2.65. The van der Waals surface area contributed by atoms with E-state index in [1.165, 1.54) is 6.33 Å². The van der Waals surface area contributed by atoms with Crippen molar-refractivity contribution in [3.8, 4) is 5.88 Å². The maximum atomic E-state index is 11.9. The van der Waals surface area contributed by atoms with Gasteiger partial charge in [0.25, 0.3) is 5.91 Å². The summed E-state index contributed by atoms with van der Waals surface area (Å²) in [5, 5.41) is 3.26. The van der Waals surface area contributed by atoms with E-state index in [1.54, 1.807) is 6.07 Å². The largest absolute Gasteiger partial charge is 0.467 e.